The van der Waals surface area contributed by atoms with Crippen molar-refractivity contribution in [1.29, 1.82) is 0 Å². The minimum Gasteiger partial charge on any atom is -0.322 e. The molecule has 32 heavy (non-hydrogen) atoms. The summed E-state index contributed by atoms with van der Waals surface area (Å²) in [7, 11) is -7.38. The van der Waals surface area contributed by atoms with Crippen LogP contribution in [0.1, 0.15) is 21.5 Å². The van der Waals surface area contributed by atoms with Gasteiger partial charge in [0.2, 0.25) is 10.0 Å². The summed E-state index contributed by atoms with van der Waals surface area (Å²) in [6.45, 7) is 3.58. The average molecular weight is 474 g/mol. The first-order valence-corrected chi connectivity index (χ1v) is 12.9. The van der Waals surface area contributed by atoms with Crippen LogP contribution in [0.3, 0.4) is 0 Å². The van der Waals surface area contributed by atoms with Gasteiger partial charge in [-0.3, -0.25) is 14.2 Å². The molecule has 0 spiro atoms. The van der Waals surface area contributed by atoms with Crippen LogP contribution < -0.4 is 14.8 Å². The number of amides is 1. The fourth-order valence-corrected chi connectivity index (χ4v) is 4.65. The van der Waals surface area contributed by atoms with Crippen LogP contribution in [0.4, 0.5) is 17.1 Å². The van der Waals surface area contributed by atoms with Crippen molar-refractivity contribution in [2.24, 2.45) is 0 Å². The maximum atomic E-state index is 12.8. The van der Waals surface area contributed by atoms with Gasteiger partial charge < -0.3 is 5.32 Å². The van der Waals surface area contributed by atoms with E-state index in [0.29, 0.717) is 22.6 Å². The molecule has 3 N–H and O–H groups in total. The molecular formula is C22H23N3O5S2. The number of aryl methyl sites for hydroxylation is 2. The molecule has 0 fully saturated rings. The average Bonchev–Trinajstić information content (AvgIpc) is 2.69. The van der Waals surface area contributed by atoms with E-state index in [1.807, 2.05) is 13.0 Å². The third-order valence-corrected chi connectivity index (χ3v) is 6.44. The summed E-state index contributed by atoms with van der Waals surface area (Å²) in [6, 6.07) is 17.4. The SMILES string of the molecule is Cc1cccc(NS(=O)(=O)c2cccc(C(=O)Nc3ccc(C)c(NS(C)(=O)=O)c3)c2)c1. The summed E-state index contributed by atoms with van der Waals surface area (Å²) in [5.41, 5.74) is 2.84. The molecule has 3 aromatic rings. The predicted molar refractivity (Wildman–Crippen MR) is 126 cm³/mol. The maximum Gasteiger partial charge on any atom is 0.261 e. The van der Waals surface area contributed by atoms with Gasteiger partial charge in [-0.05, 0) is 67.4 Å². The molecule has 0 aliphatic carbocycles. The van der Waals surface area contributed by atoms with Crippen molar-refractivity contribution < 1.29 is 21.6 Å². The molecule has 0 atom stereocenters. The number of hydrogen-bond donors (Lipinski definition) is 3. The molecule has 0 aromatic heterocycles. The molecule has 8 nitrogen and oxygen atoms in total. The minimum atomic E-state index is -3.90. The summed E-state index contributed by atoms with van der Waals surface area (Å²) >= 11 is 0. The van der Waals surface area contributed by atoms with Crippen LogP contribution in [0.2, 0.25) is 0 Å². The van der Waals surface area contributed by atoms with Gasteiger partial charge in [-0.2, -0.15) is 0 Å². The van der Waals surface area contributed by atoms with E-state index in [1.54, 1.807) is 37.3 Å². The van der Waals surface area contributed by atoms with Gasteiger partial charge in [-0.15, -0.1) is 0 Å². The highest BCUT2D eigenvalue weighted by Gasteiger charge is 2.17. The lowest BCUT2D eigenvalue weighted by molar-refractivity contribution is 0.102. The first-order chi connectivity index (χ1) is 14.9. The largest absolute Gasteiger partial charge is 0.322 e. The Balaban J connectivity index is 1.82. The van der Waals surface area contributed by atoms with Crippen LogP contribution in [0.15, 0.2) is 71.6 Å². The van der Waals surface area contributed by atoms with Crippen molar-refractivity contribution >= 4 is 43.0 Å². The third kappa shape index (κ3) is 6.08. The van der Waals surface area contributed by atoms with E-state index in [0.717, 1.165) is 11.8 Å². The Kier molecular flexibility index (Phi) is 6.56. The maximum absolute atomic E-state index is 12.8. The van der Waals surface area contributed by atoms with Crippen molar-refractivity contribution in [3.8, 4) is 0 Å². The highest BCUT2D eigenvalue weighted by molar-refractivity contribution is 7.92. The zero-order chi connectivity index (χ0) is 23.5. The van der Waals surface area contributed by atoms with Crippen LogP contribution >= 0.6 is 0 Å². The highest BCUT2D eigenvalue weighted by atomic mass is 32.2. The van der Waals surface area contributed by atoms with Gasteiger partial charge in [0.15, 0.2) is 0 Å². The van der Waals surface area contributed by atoms with Crippen LogP contribution in [-0.2, 0) is 20.0 Å². The van der Waals surface area contributed by atoms with E-state index < -0.39 is 26.0 Å². The summed E-state index contributed by atoms with van der Waals surface area (Å²) in [5.74, 6) is -0.535. The lowest BCUT2D eigenvalue weighted by atomic mass is 10.1. The Morgan fingerprint density at radius 1 is 0.781 bits per heavy atom. The number of nitrogens with one attached hydrogen (secondary N) is 3. The van der Waals surface area contributed by atoms with E-state index in [9.17, 15) is 21.6 Å². The monoisotopic (exact) mass is 473 g/mol. The molecule has 0 saturated carbocycles. The number of rotatable bonds is 7. The van der Waals surface area contributed by atoms with Crippen molar-refractivity contribution in [1.82, 2.24) is 0 Å². The van der Waals surface area contributed by atoms with Crippen molar-refractivity contribution in [2.75, 3.05) is 21.0 Å². The van der Waals surface area contributed by atoms with Crippen molar-refractivity contribution in [2.45, 2.75) is 18.7 Å². The Morgan fingerprint density at radius 3 is 2.19 bits per heavy atom. The quantitative estimate of drug-likeness (QED) is 0.483. The molecular weight excluding hydrogens is 450 g/mol. The summed E-state index contributed by atoms with van der Waals surface area (Å²) in [4.78, 5) is 12.7. The number of anilines is 3. The molecule has 0 aliphatic heterocycles. The van der Waals surface area contributed by atoms with E-state index in [-0.39, 0.29) is 10.5 Å². The van der Waals surface area contributed by atoms with Crippen LogP contribution in [0, 0.1) is 13.8 Å². The smallest absolute Gasteiger partial charge is 0.261 e. The van der Waals surface area contributed by atoms with E-state index in [4.69, 9.17) is 0 Å². The molecule has 0 bridgehead atoms. The fraction of sp³-hybridized carbons (Fsp3) is 0.136. The molecule has 0 unspecified atom stereocenters. The third-order valence-electron chi connectivity index (χ3n) is 4.47. The Labute approximate surface area is 187 Å². The van der Waals surface area contributed by atoms with Crippen LogP contribution in [0.5, 0.6) is 0 Å². The Morgan fingerprint density at radius 2 is 1.50 bits per heavy atom. The van der Waals surface area contributed by atoms with E-state index in [2.05, 4.69) is 14.8 Å². The fourth-order valence-electron chi connectivity index (χ4n) is 2.94. The van der Waals surface area contributed by atoms with E-state index in [1.165, 1.54) is 30.3 Å². The molecule has 168 valence electrons. The predicted octanol–water partition coefficient (Wildman–Crippen LogP) is 3.73. The standard InChI is InChI=1S/C22H23N3O5S2/c1-15-6-4-8-19(12-15)24-32(29,30)20-9-5-7-17(13-20)22(26)23-18-11-10-16(2)21(14-18)25-31(3,27)28/h4-14,24-25H,1-3H3,(H,23,26). The highest BCUT2D eigenvalue weighted by Crippen LogP contribution is 2.23. The zero-order valence-corrected chi connectivity index (χ0v) is 19.3. The molecule has 10 heteroatoms. The lowest BCUT2D eigenvalue weighted by Gasteiger charge is -2.12. The number of carbonyl (C=O) groups is 1. The number of hydrogen-bond acceptors (Lipinski definition) is 5. The van der Waals surface area contributed by atoms with Gasteiger partial charge in [0.05, 0.1) is 16.8 Å². The number of carbonyl (C=O) groups excluding carboxylic acids is 1. The van der Waals surface area contributed by atoms with E-state index >= 15 is 0 Å². The summed E-state index contributed by atoms with van der Waals surface area (Å²) in [6.07, 6.45) is 1.04. The van der Waals surface area contributed by atoms with Gasteiger partial charge in [0.25, 0.3) is 15.9 Å². The minimum absolute atomic E-state index is 0.0602. The first-order valence-electron chi connectivity index (χ1n) is 9.52. The number of sulfonamides is 2. The van der Waals surface area contributed by atoms with Crippen LogP contribution in [-0.4, -0.2) is 29.0 Å². The molecule has 0 heterocycles. The molecule has 1 amide bonds. The summed E-state index contributed by atoms with van der Waals surface area (Å²) in [5, 5.41) is 2.66. The second-order valence-corrected chi connectivity index (χ2v) is 10.8. The molecule has 3 aromatic carbocycles. The molecule has 0 radical (unpaired) electrons. The molecule has 3 rings (SSSR count). The Bertz CT molecular complexity index is 1380. The molecule has 0 aliphatic rings. The topological polar surface area (TPSA) is 121 Å². The first kappa shape index (κ1) is 23.3. The lowest BCUT2D eigenvalue weighted by Crippen LogP contribution is -2.16. The van der Waals surface area contributed by atoms with Gasteiger partial charge in [-0.25, -0.2) is 16.8 Å². The molecule has 0 saturated heterocycles. The Hall–Kier alpha value is -3.37. The number of benzene rings is 3. The summed E-state index contributed by atoms with van der Waals surface area (Å²) < 4.78 is 53.5. The van der Waals surface area contributed by atoms with Crippen molar-refractivity contribution in [3.05, 3.63) is 83.4 Å². The van der Waals surface area contributed by atoms with Crippen LogP contribution in [0.25, 0.3) is 0 Å². The normalized spacial score (nSPS) is 11.6. The van der Waals surface area contributed by atoms with Gasteiger partial charge in [-0.1, -0.05) is 24.3 Å². The second-order valence-electron chi connectivity index (χ2n) is 7.36. The zero-order valence-electron chi connectivity index (χ0n) is 17.7. The van der Waals surface area contributed by atoms with Gasteiger partial charge >= 0.3 is 0 Å². The second kappa shape index (κ2) is 9.01. The van der Waals surface area contributed by atoms with Crippen molar-refractivity contribution in [3.63, 3.8) is 0 Å². The van der Waals surface area contributed by atoms with Gasteiger partial charge in [0.1, 0.15) is 0 Å². The van der Waals surface area contributed by atoms with Gasteiger partial charge in [0, 0.05) is 16.9 Å².